The zero-order chi connectivity index (χ0) is 16.3. The molecule has 2 aromatic rings. The van der Waals surface area contributed by atoms with E-state index in [-0.39, 0.29) is 17.2 Å². The first-order valence-corrected chi connectivity index (χ1v) is 6.74. The van der Waals surface area contributed by atoms with Crippen molar-refractivity contribution in [2.75, 3.05) is 0 Å². The average molecular weight is 301 g/mol. The van der Waals surface area contributed by atoms with E-state index in [0.717, 1.165) is 0 Å². The molecule has 0 aliphatic carbocycles. The van der Waals surface area contributed by atoms with E-state index in [4.69, 9.17) is 0 Å². The van der Waals surface area contributed by atoms with Gasteiger partial charge in [0.1, 0.15) is 0 Å². The number of rotatable bonds is 5. The van der Waals surface area contributed by atoms with Gasteiger partial charge in [-0.15, -0.1) is 0 Å². The molecule has 0 fully saturated rings. The van der Waals surface area contributed by atoms with Crippen LogP contribution >= 0.6 is 0 Å². The van der Waals surface area contributed by atoms with Gasteiger partial charge in [0.2, 0.25) is 0 Å². The molecule has 0 bridgehead atoms. The van der Waals surface area contributed by atoms with Gasteiger partial charge in [-0.05, 0) is 24.1 Å². The van der Waals surface area contributed by atoms with Crippen LogP contribution in [0.5, 0.6) is 0 Å². The van der Waals surface area contributed by atoms with Gasteiger partial charge in [0, 0.05) is 24.2 Å². The first-order valence-electron chi connectivity index (χ1n) is 6.74. The lowest BCUT2D eigenvalue weighted by molar-refractivity contribution is -0.384. The minimum Gasteiger partial charge on any atom is -0.298 e. The van der Waals surface area contributed by atoms with Crippen molar-refractivity contribution in [2.24, 2.45) is 5.92 Å². The van der Waals surface area contributed by atoms with Gasteiger partial charge in [0.25, 0.3) is 11.2 Å². The van der Waals surface area contributed by atoms with Crippen molar-refractivity contribution in [3.8, 4) is 11.3 Å². The molecule has 0 radical (unpaired) electrons. The molecular weight excluding hydrogens is 286 g/mol. The van der Waals surface area contributed by atoms with Crippen LogP contribution in [0.2, 0.25) is 0 Å². The predicted octanol–water partition coefficient (Wildman–Crippen LogP) is 2.29. The maximum absolute atomic E-state index is 12.0. The highest BCUT2D eigenvalue weighted by Gasteiger charge is 2.12. The maximum atomic E-state index is 12.0. The number of benzene rings is 1. The molecule has 0 saturated carbocycles. The van der Waals surface area contributed by atoms with Crippen LogP contribution in [-0.2, 0) is 6.54 Å². The van der Waals surface area contributed by atoms with E-state index in [2.05, 4.69) is 5.10 Å². The zero-order valence-electron chi connectivity index (χ0n) is 12.2. The second kappa shape index (κ2) is 6.30. The standard InChI is InChI=1S/C15H15N3O4/c1-10(2)8-17-15(20)12(9-19)7-14(16-17)11-3-5-13(6-4-11)18(21)22/h3-7,9-10H,8H2,1-2H3. The highest BCUT2D eigenvalue weighted by molar-refractivity contribution is 5.77. The lowest BCUT2D eigenvalue weighted by Gasteiger charge is -2.10. The lowest BCUT2D eigenvalue weighted by atomic mass is 10.1. The molecule has 1 aromatic heterocycles. The van der Waals surface area contributed by atoms with Crippen LogP contribution in [0, 0.1) is 16.0 Å². The third kappa shape index (κ3) is 3.25. The van der Waals surface area contributed by atoms with Gasteiger partial charge in [-0.2, -0.15) is 5.10 Å². The number of aldehydes is 1. The van der Waals surface area contributed by atoms with Gasteiger partial charge in [-0.25, -0.2) is 4.68 Å². The third-order valence-electron chi connectivity index (χ3n) is 3.04. The number of aromatic nitrogens is 2. The number of carbonyl (C=O) groups excluding carboxylic acids is 1. The second-order valence-electron chi connectivity index (χ2n) is 5.29. The Morgan fingerprint density at radius 1 is 1.32 bits per heavy atom. The van der Waals surface area contributed by atoms with Gasteiger partial charge >= 0.3 is 0 Å². The van der Waals surface area contributed by atoms with E-state index in [1.807, 2.05) is 13.8 Å². The van der Waals surface area contributed by atoms with Gasteiger partial charge < -0.3 is 0 Å². The number of nitro groups is 1. The quantitative estimate of drug-likeness (QED) is 0.479. The fourth-order valence-electron chi connectivity index (χ4n) is 2.01. The Balaban J connectivity index is 2.52. The molecule has 0 atom stereocenters. The fraction of sp³-hybridized carbons (Fsp3) is 0.267. The molecule has 0 N–H and O–H groups in total. The van der Waals surface area contributed by atoms with Crippen molar-refractivity contribution in [3.63, 3.8) is 0 Å². The van der Waals surface area contributed by atoms with Crippen LogP contribution in [0.3, 0.4) is 0 Å². The molecule has 0 aliphatic rings. The van der Waals surface area contributed by atoms with Crippen molar-refractivity contribution in [3.05, 3.63) is 56.4 Å². The summed E-state index contributed by atoms with van der Waals surface area (Å²) in [5.41, 5.74) is 0.580. The summed E-state index contributed by atoms with van der Waals surface area (Å²) < 4.78 is 1.26. The minimum atomic E-state index is -0.492. The molecule has 7 heteroatoms. The Morgan fingerprint density at radius 2 is 1.95 bits per heavy atom. The van der Waals surface area contributed by atoms with Crippen molar-refractivity contribution in [1.82, 2.24) is 9.78 Å². The summed E-state index contributed by atoms with van der Waals surface area (Å²) in [6.07, 6.45) is 0.496. The van der Waals surface area contributed by atoms with E-state index in [1.54, 1.807) is 12.1 Å². The van der Waals surface area contributed by atoms with Crippen LogP contribution < -0.4 is 5.56 Å². The molecule has 7 nitrogen and oxygen atoms in total. The molecule has 0 amide bonds. The second-order valence-corrected chi connectivity index (χ2v) is 5.29. The maximum Gasteiger partial charge on any atom is 0.277 e. The van der Waals surface area contributed by atoms with Crippen LogP contribution in [-0.4, -0.2) is 21.0 Å². The molecule has 22 heavy (non-hydrogen) atoms. The fourth-order valence-corrected chi connectivity index (χ4v) is 2.01. The third-order valence-corrected chi connectivity index (χ3v) is 3.04. The largest absolute Gasteiger partial charge is 0.298 e. The van der Waals surface area contributed by atoms with E-state index < -0.39 is 10.5 Å². The van der Waals surface area contributed by atoms with E-state index in [9.17, 15) is 19.7 Å². The van der Waals surface area contributed by atoms with E-state index in [0.29, 0.717) is 24.1 Å². The van der Waals surface area contributed by atoms with Gasteiger partial charge in [-0.1, -0.05) is 13.8 Å². The molecule has 0 aliphatic heterocycles. The van der Waals surface area contributed by atoms with Crippen LogP contribution in [0.25, 0.3) is 11.3 Å². The Morgan fingerprint density at radius 3 is 2.45 bits per heavy atom. The highest BCUT2D eigenvalue weighted by Crippen LogP contribution is 2.20. The average Bonchev–Trinajstić information content (AvgIpc) is 2.49. The van der Waals surface area contributed by atoms with Gasteiger partial charge in [0.15, 0.2) is 6.29 Å². The SMILES string of the molecule is CC(C)Cn1nc(-c2ccc([N+](=O)[O-])cc2)cc(C=O)c1=O. The molecular formula is C15H15N3O4. The van der Waals surface area contributed by atoms with Crippen LogP contribution in [0.15, 0.2) is 35.1 Å². The molecule has 114 valence electrons. The number of hydrogen-bond acceptors (Lipinski definition) is 5. The normalized spacial score (nSPS) is 10.7. The number of nitro benzene ring substituents is 1. The van der Waals surface area contributed by atoms with Crippen molar-refractivity contribution in [1.29, 1.82) is 0 Å². The lowest BCUT2D eigenvalue weighted by Crippen LogP contribution is -2.28. The Bertz CT molecular complexity index is 763. The van der Waals surface area contributed by atoms with E-state index >= 15 is 0 Å². The summed E-state index contributed by atoms with van der Waals surface area (Å²) in [7, 11) is 0. The first-order chi connectivity index (χ1) is 10.4. The van der Waals surface area contributed by atoms with Gasteiger partial charge in [0.05, 0.1) is 16.2 Å². The topological polar surface area (TPSA) is 95.1 Å². The Hall–Kier alpha value is -2.83. The molecule has 1 aromatic carbocycles. The minimum absolute atomic E-state index is 0.0176. The van der Waals surface area contributed by atoms with Crippen molar-refractivity contribution in [2.45, 2.75) is 20.4 Å². The summed E-state index contributed by atoms with van der Waals surface area (Å²) >= 11 is 0. The Kier molecular flexibility index (Phi) is 4.45. The van der Waals surface area contributed by atoms with E-state index in [1.165, 1.54) is 22.9 Å². The first kappa shape index (κ1) is 15.6. The van der Waals surface area contributed by atoms with Crippen molar-refractivity contribution >= 4 is 12.0 Å². The zero-order valence-corrected chi connectivity index (χ0v) is 12.2. The summed E-state index contributed by atoms with van der Waals surface area (Å²) in [4.78, 5) is 33.3. The molecule has 0 saturated heterocycles. The van der Waals surface area contributed by atoms with Crippen LogP contribution in [0.4, 0.5) is 5.69 Å². The number of nitrogens with zero attached hydrogens (tertiary/aromatic N) is 3. The summed E-state index contributed by atoms with van der Waals surface area (Å²) in [5.74, 6) is 0.191. The summed E-state index contributed by atoms with van der Waals surface area (Å²) in [6, 6.07) is 7.19. The predicted molar refractivity (Wildman–Crippen MR) is 80.8 cm³/mol. The molecule has 0 unspecified atom stereocenters. The smallest absolute Gasteiger partial charge is 0.277 e. The summed E-state index contributed by atoms with van der Waals surface area (Å²) in [5, 5.41) is 14.9. The van der Waals surface area contributed by atoms with Crippen molar-refractivity contribution < 1.29 is 9.72 Å². The Labute approximate surface area is 126 Å². The number of carbonyl (C=O) groups is 1. The molecule has 0 spiro atoms. The van der Waals surface area contributed by atoms with Crippen LogP contribution in [0.1, 0.15) is 24.2 Å². The molecule has 2 rings (SSSR count). The monoisotopic (exact) mass is 301 g/mol. The number of hydrogen-bond donors (Lipinski definition) is 0. The number of non-ortho nitro benzene ring substituents is 1. The van der Waals surface area contributed by atoms with Gasteiger partial charge in [-0.3, -0.25) is 19.7 Å². The molecule has 1 heterocycles. The summed E-state index contributed by atoms with van der Waals surface area (Å²) in [6.45, 7) is 4.26. The highest BCUT2D eigenvalue weighted by atomic mass is 16.6.